The van der Waals surface area contributed by atoms with Gasteiger partial charge in [0.1, 0.15) is 0 Å². The maximum Gasteiger partial charge on any atom is 0.313 e. The Morgan fingerprint density at radius 2 is 2.10 bits per heavy atom. The molecule has 0 heterocycles. The standard InChI is InChI=1S/C2H8N2O.C2H4O2S/c3-4-1-2-5;3-2(4)1-5/h4-5H,1-3H2;5H,1H2,(H,3,4). The number of hydrogen-bond donors (Lipinski definition) is 5. The lowest BCUT2D eigenvalue weighted by Crippen LogP contribution is -2.24. The van der Waals surface area contributed by atoms with Gasteiger partial charge in [-0.15, -0.1) is 0 Å². The van der Waals surface area contributed by atoms with Gasteiger partial charge in [0.05, 0.1) is 12.4 Å². The number of aliphatic hydroxyl groups is 1. The van der Waals surface area contributed by atoms with Crippen molar-refractivity contribution in [3.05, 3.63) is 0 Å². The van der Waals surface area contributed by atoms with Gasteiger partial charge in [-0.05, 0) is 0 Å². The lowest BCUT2D eigenvalue weighted by Gasteiger charge is -1.84. The Hall–Kier alpha value is -0.300. The number of aliphatic hydroxyl groups excluding tert-OH is 1. The van der Waals surface area contributed by atoms with Crippen LogP contribution in [-0.2, 0) is 4.79 Å². The van der Waals surface area contributed by atoms with Gasteiger partial charge >= 0.3 is 5.97 Å². The van der Waals surface area contributed by atoms with Gasteiger partial charge in [0, 0.05) is 6.54 Å². The molecule has 0 atom stereocenters. The number of aliphatic carboxylic acids is 1. The Kier molecular flexibility index (Phi) is 14.2. The summed E-state index contributed by atoms with van der Waals surface area (Å²) in [7, 11) is 0. The zero-order valence-corrected chi connectivity index (χ0v) is 6.34. The van der Waals surface area contributed by atoms with Gasteiger partial charge < -0.3 is 10.2 Å². The maximum atomic E-state index is 9.29. The lowest BCUT2D eigenvalue weighted by molar-refractivity contribution is -0.133. The predicted octanol–water partition coefficient (Wildman–Crippen LogP) is -1.56. The summed E-state index contributed by atoms with van der Waals surface area (Å²) in [6, 6.07) is 0. The van der Waals surface area contributed by atoms with E-state index < -0.39 is 5.97 Å². The summed E-state index contributed by atoms with van der Waals surface area (Å²) in [5.74, 6) is 3.76. The van der Waals surface area contributed by atoms with Crippen LogP contribution >= 0.6 is 12.6 Å². The van der Waals surface area contributed by atoms with E-state index in [9.17, 15) is 4.79 Å². The van der Waals surface area contributed by atoms with Gasteiger partial charge in [-0.1, -0.05) is 0 Å². The van der Waals surface area contributed by atoms with Gasteiger partial charge in [-0.3, -0.25) is 16.1 Å². The summed E-state index contributed by atoms with van der Waals surface area (Å²) in [6.07, 6.45) is 0. The van der Waals surface area contributed by atoms with E-state index >= 15 is 0 Å². The molecule has 0 amide bonds. The van der Waals surface area contributed by atoms with Crippen LogP contribution in [-0.4, -0.2) is 35.1 Å². The highest BCUT2D eigenvalue weighted by Crippen LogP contribution is 1.66. The summed E-state index contributed by atoms with van der Waals surface area (Å²) in [5.41, 5.74) is 2.27. The van der Waals surface area contributed by atoms with E-state index in [1.165, 1.54) is 0 Å². The van der Waals surface area contributed by atoms with Crippen LogP contribution in [0.5, 0.6) is 0 Å². The molecule has 10 heavy (non-hydrogen) atoms. The number of carboxylic acids is 1. The molecule has 0 radical (unpaired) electrons. The van der Waals surface area contributed by atoms with Crippen molar-refractivity contribution in [1.29, 1.82) is 0 Å². The Bertz CT molecular complexity index is 78.9. The lowest BCUT2D eigenvalue weighted by atomic mass is 10.7. The normalized spacial score (nSPS) is 7.90. The van der Waals surface area contributed by atoms with Gasteiger partial charge in [0.2, 0.25) is 0 Å². The molecule has 0 aromatic rings. The minimum absolute atomic E-state index is 0.0833. The zero-order chi connectivity index (χ0) is 8.41. The molecule has 0 rings (SSSR count). The van der Waals surface area contributed by atoms with Crippen LogP contribution in [0.2, 0.25) is 0 Å². The smallest absolute Gasteiger partial charge is 0.313 e. The number of nitrogens with two attached hydrogens (primary N) is 1. The van der Waals surface area contributed by atoms with E-state index in [2.05, 4.69) is 18.1 Å². The molecule has 0 bridgehead atoms. The summed E-state index contributed by atoms with van der Waals surface area (Å²) in [4.78, 5) is 9.29. The van der Waals surface area contributed by atoms with Crippen LogP contribution in [0.1, 0.15) is 0 Å². The molecule has 0 aromatic heterocycles. The van der Waals surface area contributed by atoms with E-state index in [0.717, 1.165) is 0 Å². The van der Waals surface area contributed by atoms with Crippen LogP contribution in [0, 0.1) is 0 Å². The zero-order valence-electron chi connectivity index (χ0n) is 5.45. The number of hydrogen-bond acceptors (Lipinski definition) is 5. The van der Waals surface area contributed by atoms with Crippen molar-refractivity contribution in [2.45, 2.75) is 0 Å². The monoisotopic (exact) mass is 168 g/mol. The van der Waals surface area contributed by atoms with E-state index in [1.807, 2.05) is 0 Å². The van der Waals surface area contributed by atoms with Crippen molar-refractivity contribution in [2.75, 3.05) is 18.9 Å². The minimum Gasteiger partial charge on any atom is -0.481 e. The first-order valence-corrected chi connectivity index (χ1v) is 3.19. The Morgan fingerprint density at radius 1 is 1.70 bits per heavy atom. The minimum atomic E-state index is -0.881. The van der Waals surface area contributed by atoms with Gasteiger partial charge in [0.15, 0.2) is 0 Å². The first-order chi connectivity index (χ1) is 4.68. The van der Waals surface area contributed by atoms with Crippen molar-refractivity contribution >= 4 is 18.6 Å². The van der Waals surface area contributed by atoms with Gasteiger partial charge in [0.25, 0.3) is 0 Å². The molecule has 0 fully saturated rings. The highest BCUT2D eigenvalue weighted by atomic mass is 32.1. The molecule has 0 unspecified atom stereocenters. The van der Waals surface area contributed by atoms with Crippen molar-refractivity contribution < 1.29 is 15.0 Å². The van der Waals surface area contributed by atoms with Gasteiger partial charge in [-0.25, -0.2) is 0 Å². The highest BCUT2D eigenvalue weighted by molar-refractivity contribution is 7.81. The van der Waals surface area contributed by atoms with Crippen molar-refractivity contribution in [1.82, 2.24) is 5.43 Å². The third kappa shape index (κ3) is 25.2. The Labute approximate surface area is 64.6 Å². The molecule has 6 heteroatoms. The summed E-state index contributed by atoms with van der Waals surface area (Å²) >= 11 is 3.42. The number of carboxylic acid groups (broad SMARTS) is 1. The van der Waals surface area contributed by atoms with E-state index in [-0.39, 0.29) is 12.4 Å². The average molecular weight is 168 g/mol. The second kappa shape index (κ2) is 11.5. The topological polar surface area (TPSA) is 95.6 Å². The average Bonchev–Trinajstić information content (AvgIpc) is 1.91. The molecule has 0 spiro atoms. The quantitative estimate of drug-likeness (QED) is 0.200. The molecule has 0 aliphatic heterocycles. The number of thiol groups is 1. The first-order valence-electron chi connectivity index (χ1n) is 2.56. The van der Waals surface area contributed by atoms with E-state index in [0.29, 0.717) is 6.54 Å². The van der Waals surface area contributed by atoms with Gasteiger partial charge in [-0.2, -0.15) is 12.6 Å². The maximum absolute atomic E-state index is 9.29. The number of carbonyl (C=O) groups is 1. The van der Waals surface area contributed by atoms with Crippen LogP contribution in [0.25, 0.3) is 0 Å². The molecule has 0 aliphatic carbocycles. The second-order valence-electron chi connectivity index (χ2n) is 1.23. The molecule has 62 valence electrons. The molecule has 0 aliphatic rings. The Morgan fingerprint density at radius 3 is 2.10 bits per heavy atom. The largest absolute Gasteiger partial charge is 0.481 e. The number of hydrazine groups is 1. The van der Waals surface area contributed by atoms with E-state index in [1.54, 1.807) is 0 Å². The Balaban J connectivity index is 0. The third-order valence-electron chi connectivity index (χ3n) is 0.391. The van der Waals surface area contributed by atoms with Crippen molar-refractivity contribution in [3.8, 4) is 0 Å². The van der Waals surface area contributed by atoms with Crippen LogP contribution in [0.4, 0.5) is 0 Å². The fourth-order valence-corrected chi connectivity index (χ4v) is 0.0645. The summed E-state index contributed by atoms with van der Waals surface area (Å²) in [5, 5.41) is 15.6. The third-order valence-corrected chi connectivity index (χ3v) is 0.662. The fourth-order valence-electron chi connectivity index (χ4n) is 0.0645. The highest BCUT2D eigenvalue weighted by Gasteiger charge is 1.81. The molecular weight excluding hydrogens is 156 g/mol. The first kappa shape index (κ1) is 12.4. The molecule has 0 aromatic carbocycles. The number of rotatable bonds is 3. The molecule has 0 saturated heterocycles. The SMILES string of the molecule is NNCCO.O=C(O)CS. The molecule has 0 saturated carbocycles. The second-order valence-corrected chi connectivity index (χ2v) is 1.55. The predicted molar refractivity (Wildman–Crippen MR) is 40.8 cm³/mol. The summed E-state index contributed by atoms with van der Waals surface area (Å²) < 4.78 is 0. The fraction of sp³-hybridized carbons (Fsp3) is 0.750. The molecule has 5 nitrogen and oxygen atoms in total. The van der Waals surface area contributed by atoms with E-state index in [4.69, 9.17) is 16.1 Å². The number of nitrogens with one attached hydrogen (secondary N) is 1. The molecule has 5 N–H and O–H groups in total. The van der Waals surface area contributed by atoms with Crippen molar-refractivity contribution in [2.24, 2.45) is 5.84 Å². The van der Waals surface area contributed by atoms with Crippen molar-refractivity contribution in [3.63, 3.8) is 0 Å². The van der Waals surface area contributed by atoms with Crippen LogP contribution < -0.4 is 11.3 Å². The molecular formula is C4H12N2O3S. The van der Waals surface area contributed by atoms with Crippen LogP contribution in [0.15, 0.2) is 0 Å². The summed E-state index contributed by atoms with van der Waals surface area (Å²) in [6.45, 7) is 0.580. The van der Waals surface area contributed by atoms with Crippen LogP contribution in [0.3, 0.4) is 0 Å².